The Labute approximate surface area is 207 Å². The van der Waals surface area contributed by atoms with Crippen LogP contribution < -0.4 is 10.9 Å². The lowest BCUT2D eigenvalue weighted by Crippen LogP contribution is -2.33. The van der Waals surface area contributed by atoms with Gasteiger partial charge in [0.05, 0.1) is 29.4 Å². The Hall–Kier alpha value is -4.91. The fourth-order valence-electron chi connectivity index (χ4n) is 4.36. The van der Waals surface area contributed by atoms with Crippen LogP contribution in [0.25, 0.3) is 27.7 Å². The SMILES string of the molecule is COC(=O)c1ccccc1-n1c(C(=O)NCc2ccccc2)c2[nH]ccc2c(-c2ccccc2)c1=O. The lowest BCUT2D eigenvalue weighted by molar-refractivity contribution is 0.0600. The summed E-state index contributed by atoms with van der Waals surface area (Å²) in [4.78, 5) is 43.6. The standard InChI is InChI=1S/C29H23N3O4/c1-36-29(35)21-14-8-9-15-23(21)32-26(27(33)31-18-19-10-4-2-5-11-19)25-22(16-17-30-25)24(28(32)34)20-12-6-3-7-13-20/h2-17,30H,18H2,1H3,(H,31,33). The Kier molecular flexibility index (Phi) is 6.19. The van der Waals surface area contributed by atoms with Crippen molar-refractivity contribution in [1.29, 1.82) is 0 Å². The van der Waals surface area contributed by atoms with Gasteiger partial charge >= 0.3 is 5.97 Å². The monoisotopic (exact) mass is 477 g/mol. The van der Waals surface area contributed by atoms with Crippen LogP contribution in [-0.4, -0.2) is 28.5 Å². The van der Waals surface area contributed by atoms with E-state index < -0.39 is 17.4 Å². The molecule has 2 N–H and O–H groups in total. The van der Waals surface area contributed by atoms with E-state index in [0.29, 0.717) is 22.0 Å². The van der Waals surface area contributed by atoms with E-state index in [1.807, 2.05) is 60.7 Å². The van der Waals surface area contributed by atoms with Gasteiger partial charge in [0.1, 0.15) is 5.69 Å². The van der Waals surface area contributed by atoms with Crippen molar-refractivity contribution in [2.24, 2.45) is 0 Å². The number of hydrogen-bond acceptors (Lipinski definition) is 4. The van der Waals surface area contributed by atoms with Crippen LogP contribution in [0.2, 0.25) is 0 Å². The number of benzene rings is 3. The van der Waals surface area contributed by atoms with Gasteiger partial charge in [-0.2, -0.15) is 0 Å². The molecule has 0 aliphatic heterocycles. The van der Waals surface area contributed by atoms with Gasteiger partial charge in [-0.25, -0.2) is 4.79 Å². The van der Waals surface area contributed by atoms with Gasteiger partial charge in [0.25, 0.3) is 11.5 Å². The number of ether oxygens (including phenoxy) is 1. The van der Waals surface area contributed by atoms with Gasteiger partial charge in [-0.15, -0.1) is 0 Å². The maximum Gasteiger partial charge on any atom is 0.339 e. The predicted octanol–water partition coefficient (Wildman–Crippen LogP) is 4.70. The molecule has 7 heteroatoms. The number of esters is 1. The summed E-state index contributed by atoms with van der Waals surface area (Å²) in [6, 6.07) is 27.1. The molecule has 36 heavy (non-hydrogen) atoms. The van der Waals surface area contributed by atoms with Crippen molar-refractivity contribution < 1.29 is 14.3 Å². The largest absolute Gasteiger partial charge is 0.465 e. The Morgan fingerprint density at radius 1 is 0.889 bits per heavy atom. The van der Waals surface area contributed by atoms with Crippen molar-refractivity contribution in [1.82, 2.24) is 14.9 Å². The van der Waals surface area contributed by atoms with Crippen molar-refractivity contribution in [3.8, 4) is 16.8 Å². The van der Waals surface area contributed by atoms with Crippen LogP contribution in [0.15, 0.2) is 102 Å². The smallest absolute Gasteiger partial charge is 0.339 e. The summed E-state index contributed by atoms with van der Waals surface area (Å²) in [5.74, 6) is -1.07. The van der Waals surface area contributed by atoms with Crippen LogP contribution in [0.3, 0.4) is 0 Å². The molecular weight excluding hydrogens is 454 g/mol. The summed E-state index contributed by atoms with van der Waals surface area (Å²) in [6.07, 6.45) is 1.70. The number of rotatable bonds is 6. The Bertz CT molecular complexity index is 1620. The van der Waals surface area contributed by atoms with Crippen molar-refractivity contribution >= 4 is 22.8 Å². The van der Waals surface area contributed by atoms with E-state index in [0.717, 1.165) is 5.56 Å². The lowest BCUT2D eigenvalue weighted by atomic mass is 10.0. The number of H-pyrrole nitrogens is 1. The molecule has 0 spiro atoms. The van der Waals surface area contributed by atoms with Gasteiger partial charge in [-0.3, -0.25) is 14.2 Å². The van der Waals surface area contributed by atoms with Crippen molar-refractivity contribution in [2.75, 3.05) is 7.11 Å². The molecule has 2 aromatic heterocycles. The highest BCUT2D eigenvalue weighted by Crippen LogP contribution is 2.29. The molecule has 2 heterocycles. The normalized spacial score (nSPS) is 10.8. The van der Waals surface area contributed by atoms with Crippen LogP contribution in [0.4, 0.5) is 0 Å². The molecule has 178 valence electrons. The molecule has 0 bridgehead atoms. The summed E-state index contributed by atoms with van der Waals surface area (Å²) in [5.41, 5.74) is 2.63. The highest BCUT2D eigenvalue weighted by atomic mass is 16.5. The van der Waals surface area contributed by atoms with Gasteiger partial charge in [0.15, 0.2) is 0 Å². The molecule has 0 unspecified atom stereocenters. The minimum atomic E-state index is -0.610. The van der Waals surface area contributed by atoms with Crippen molar-refractivity contribution in [3.05, 3.63) is 124 Å². The highest BCUT2D eigenvalue weighted by molar-refractivity contribution is 6.09. The fourth-order valence-corrected chi connectivity index (χ4v) is 4.36. The van der Waals surface area contributed by atoms with Crippen LogP contribution in [0, 0.1) is 0 Å². The van der Waals surface area contributed by atoms with Gasteiger partial charge in [-0.1, -0.05) is 72.8 Å². The number of aromatic nitrogens is 2. The Morgan fingerprint density at radius 3 is 2.28 bits per heavy atom. The van der Waals surface area contributed by atoms with Crippen LogP contribution in [0.5, 0.6) is 0 Å². The van der Waals surface area contributed by atoms with Crippen LogP contribution in [0.1, 0.15) is 26.4 Å². The third-order valence-corrected chi connectivity index (χ3v) is 6.02. The van der Waals surface area contributed by atoms with E-state index >= 15 is 0 Å². The second kappa shape index (κ2) is 9.76. The maximum absolute atomic E-state index is 14.2. The van der Waals surface area contributed by atoms with Crippen molar-refractivity contribution in [3.63, 3.8) is 0 Å². The predicted molar refractivity (Wildman–Crippen MR) is 138 cm³/mol. The second-order valence-electron chi connectivity index (χ2n) is 8.17. The molecule has 1 amide bonds. The summed E-state index contributed by atoms with van der Waals surface area (Å²) >= 11 is 0. The number of fused-ring (bicyclic) bond motifs is 1. The van der Waals surface area contributed by atoms with Gasteiger partial charge < -0.3 is 15.0 Å². The van der Waals surface area contributed by atoms with E-state index in [1.54, 1.807) is 36.5 Å². The van der Waals surface area contributed by atoms with Gasteiger partial charge in [-0.05, 0) is 29.3 Å². The first kappa shape index (κ1) is 22.9. The number of nitrogens with zero attached hydrogens (tertiary/aromatic N) is 1. The summed E-state index contributed by atoms with van der Waals surface area (Å²) in [6.45, 7) is 0.273. The number of aromatic amines is 1. The average Bonchev–Trinajstić information content (AvgIpc) is 3.40. The third kappa shape index (κ3) is 4.07. The van der Waals surface area contributed by atoms with Crippen molar-refractivity contribution in [2.45, 2.75) is 6.54 Å². The molecule has 0 radical (unpaired) electrons. The van der Waals surface area contributed by atoms with Crippen LogP contribution >= 0.6 is 0 Å². The van der Waals surface area contributed by atoms with E-state index in [-0.39, 0.29) is 23.5 Å². The minimum absolute atomic E-state index is 0.104. The molecule has 0 saturated heterocycles. The molecule has 5 aromatic rings. The zero-order valence-corrected chi connectivity index (χ0v) is 19.5. The number of hydrogen-bond donors (Lipinski definition) is 2. The molecular formula is C29H23N3O4. The van der Waals surface area contributed by atoms with Gasteiger partial charge in [0, 0.05) is 18.1 Å². The molecule has 0 aliphatic carbocycles. The molecule has 0 saturated carbocycles. The number of carbonyl (C=O) groups excluding carboxylic acids is 2. The van der Waals surface area contributed by atoms with Crippen LogP contribution in [-0.2, 0) is 11.3 Å². The fraction of sp³-hybridized carbons (Fsp3) is 0.0690. The second-order valence-corrected chi connectivity index (χ2v) is 8.17. The molecule has 5 rings (SSSR count). The lowest BCUT2D eigenvalue weighted by Gasteiger charge is -2.18. The number of nitrogens with one attached hydrogen (secondary N) is 2. The minimum Gasteiger partial charge on any atom is -0.465 e. The van der Waals surface area contributed by atoms with E-state index in [2.05, 4.69) is 10.3 Å². The molecule has 0 fully saturated rings. The summed E-state index contributed by atoms with van der Waals surface area (Å²) in [7, 11) is 1.28. The first-order chi connectivity index (χ1) is 17.6. The van der Waals surface area contributed by atoms with Gasteiger partial charge in [0.2, 0.25) is 0 Å². The first-order valence-corrected chi connectivity index (χ1v) is 11.4. The topological polar surface area (TPSA) is 93.2 Å². The summed E-state index contributed by atoms with van der Waals surface area (Å²) in [5, 5.41) is 3.54. The molecule has 7 nitrogen and oxygen atoms in total. The number of para-hydroxylation sites is 1. The number of carbonyl (C=O) groups is 2. The average molecular weight is 478 g/mol. The highest BCUT2D eigenvalue weighted by Gasteiger charge is 2.26. The zero-order valence-electron chi connectivity index (χ0n) is 19.5. The van der Waals surface area contributed by atoms with E-state index in [1.165, 1.54) is 11.7 Å². The van der Waals surface area contributed by atoms with E-state index in [4.69, 9.17) is 4.74 Å². The molecule has 0 aliphatic rings. The number of amides is 1. The maximum atomic E-state index is 14.2. The molecule has 0 atom stereocenters. The number of methoxy groups -OCH3 is 1. The quantitative estimate of drug-likeness (QED) is 0.347. The third-order valence-electron chi connectivity index (χ3n) is 6.02. The van der Waals surface area contributed by atoms with E-state index in [9.17, 15) is 14.4 Å². The Morgan fingerprint density at radius 2 is 1.56 bits per heavy atom. The number of pyridine rings is 1. The zero-order chi connectivity index (χ0) is 25.1. The molecule has 3 aromatic carbocycles. The Balaban J connectivity index is 1.79. The summed E-state index contributed by atoms with van der Waals surface area (Å²) < 4.78 is 6.27. The first-order valence-electron chi connectivity index (χ1n) is 11.4.